The van der Waals surface area contributed by atoms with Crippen molar-refractivity contribution in [2.45, 2.75) is 32.1 Å². The van der Waals surface area contributed by atoms with Gasteiger partial charge in [-0.1, -0.05) is 18.9 Å². The van der Waals surface area contributed by atoms with Crippen LogP contribution >= 0.6 is 0 Å². The Labute approximate surface area is 146 Å². The first-order valence-electron chi connectivity index (χ1n) is 8.22. The Balaban J connectivity index is 1.80. The van der Waals surface area contributed by atoms with Gasteiger partial charge >= 0.3 is 10.2 Å². The van der Waals surface area contributed by atoms with Crippen molar-refractivity contribution >= 4 is 27.7 Å². The van der Waals surface area contributed by atoms with Gasteiger partial charge < -0.3 is 10.8 Å². The first-order chi connectivity index (χ1) is 11.8. The highest BCUT2D eigenvalue weighted by Crippen LogP contribution is 2.35. The lowest BCUT2D eigenvalue weighted by Crippen LogP contribution is -2.33. The van der Waals surface area contributed by atoms with Gasteiger partial charge in [0.1, 0.15) is 12.3 Å². The van der Waals surface area contributed by atoms with Crippen molar-refractivity contribution in [1.82, 2.24) is 4.72 Å². The number of carbonyl (C=O) groups excluding carboxylic acids is 2. The number of amides is 2. The summed E-state index contributed by atoms with van der Waals surface area (Å²) in [6.45, 7) is -0.360. The van der Waals surface area contributed by atoms with Gasteiger partial charge in [0, 0.05) is 5.92 Å². The van der Waals surface area contributed by atoms with Gasteiger partial charge in [-0.25, -0.2) is 9.03 Å². The third kappa shape index (κ3) is 3.55. The fraction of sp³-hybridized carbons (Fsp3) is 0.500. The van der Waals surface area contributed by atoms with Crippen LogP contribution in [-0.2, 0) is 26.2 Å². The van der Waals surface area contributed by atoms with Crippen molar-refractivity contribution < 1.29 is 23.1 Å². The topological polar surface area (TPSA) is 130 Å². The molecule has 136 valence electrons. The van der Waals surface area contributed by atoms with Crippen LogP contribution in [0.4, 0.5) is 5.69 Å². The maximum Gasteiger partial charge on any atom is 0.326 e. The molecule has 0 aromatic heterocycles. The lowest BCUT2D eigenvalue weighted by atomic mass is 9.76. The van der Waals surface area contributed by atoms with Crippen molar-refractivity contribution in [2.75, 3.05) is 10.8 Å². The zero-order valence-corrected chi connectivity index (χ0v) is 14.5. The quantitative estimate of drug-likeness (QED) is 0.709. The Hall–Kier alpha value is -2.29. The Bertz CT molecular complexity index is 808. The second-order valence-corrected chi connectivity index (χ2v) is 8.21. The summed E-state index contributed by atoms with van der Waals surface area (Å²) < 4.78 is 26.5. The molecule has 1 aromatic rings. The summed E-state index contributed by atoms with van der Waals surface area (Å²) in [6, 6.07) is 4.67. The third-order valence-electron chi connectivity index (χ3n) is 4.90. The minimum Gasteiger partial charge on any atom is -0.506 e. The van der Waals surface area contributed by atoms with E-state index in [2.05, 4.69) is 0 Å². The molecule has 25 heavy (non-hydrogen) atoms. The number of benzene rings is 1. The van der Waals surface area contributed by atoms with Gasteiger partial charge in [-0.15, -0.1) is 0 Å². The van der Waals surface area contributed by atoms with Crippen LogP contribution in [0.1, 0.15) is 31.2 Å². The summed E-state index contributed by atoms with van der Waals surface area (Å²) in [4.78, 5) is 22.9. The molecule has 0 radical (unpaired) electrons. The van der Waals surface area contributed by atoms with Crippen molar-refractivity contribution in [1.29, 1.82) is 0 Å². The predicted molar refractivity (Wildman–Crippen MR) is 90.9 cm³/mol. The van der Waals surface area contributed by atoms with E-state index in [9.17, 15) is 23.1 Å². The molecule has 2 fully saturated rings. The molecule has 1 heterocycles. The number of nitrogens with zero attached hydrogens (tertiary/aromatic N) is 1. The van der Waals surface area contributed by atoms with E-state index in [0.717, 1.165) is 35.6 Å². The van der Waals surface area contributed by atoms with Crippen LogP contribution in [0.25, 0.3) is 0 Å². The second kappa shape index (κ2) is 6.55. The minimum atomic E-state index is -3.96. The normalized spacial score (nSPS) is 25.6. The molecule has 9 heteroatoms. The van der Waals surface area contributed by atoms with Crippen LogP contribution in [0.5, 0.6) is 5.75 Å². The first-order valence-corrected chi connectivity index (χ1v) is 9.66. The Kier molecular flexibility index (Phi) is 4.59. The van der Waals surface area contributed by atoms with E-state index in [4.69, 9.17) is 5.73 Å². The van der Waals surface area contributed by atoms with E-state index in [1.165, 1.54) is 12.1 Å². The number of hydrogen-bond donors (Lipinski definition) is 3. The lowest BCUT2D eigenvalue weighted by molar-refractivity contribution is -0.124. The molecule has 8 nitrogen and oxygen atoms in total. The number of nitrogens with two attached hydrogens (primary N) is 1. The van der Waals surface area contributed by atoms with Crippen LogP contribution in [-0.4, -0.2) is 31.9 Å². The molecular weight excluding hydrogens is 346 g/mol. The van der Waals surface area contributed by atoms with Gasteiger partial charge in [0.25, 0.3) is 5.91 Å². The van der Waals surface area contributed by atoms with Crippen LogP contribution < -0.4 is 14.8 Å². The molecule has 1 saturated carbocycles. The Morgan fingerprint density at radius 3 is 2.64 bits per heavy atom. The molecule has 1 aliphatic heterocycles. The maximum atomic E-state index is 11.9. The Morgan fingerprint density at radius 1 is 1.32 bits per heavy atom. The fourth-order valence-corrected chi connectivity index (χ4v) is 4.86. The highest BCUT2D eigenvalue weighted by molar-refractivity contribution is 7.92. The molecule has 0 spiro atoms. The van der Waals surface area contributed by atoms with E-state index in [-0.39, 0.29) is 35.7 Å². The van der Waals surface area contributed by atoms with Crippen molar-refractivity contribution in [3.63, 3.8) is 0 Å². The molecule has 2 amide bonds. The average molecular weight is 367 g/mol. The van der Waals surface area contributed by atoms with Crippen LogP contribution in [0.3, 0.4) is 0 Å². The summed E-state index contributed by atoms with van der Waals surface area (Å²) in [5.74, 6) is -1.20. The van der Waals surface area contributed by atoms with E-state index in [0.29, 0.717) is 6.42 Å². The van der Waals surface area contributed by atoms with E-state index in [1.54, 1.807) is 6.07 Å². The smallest absolute Gasteiger partial charge is 0.326 e. The predicted octanol–water partition coefficient (Wildman–Crippen LogP) is 0.407. The highest BCUT2D eigenvalue weighted by Gasteiger charge is 2.35. The lowest BCUT2D eigenvalue weighted by Gasteiger charge is -2.29. The number of hydrogen-bond acceptors (Lipinski definition) is 5. The van der Waals surface area contributed by atoms with E-state index >= 15 is 0 Å². The Morgan fingerprint density at radius 2 is 2.04 bits per heavy atom. The summed E-state index contributed by atoms with van der Waals surface area (Å²) in [5, 5.41) is 10.2. The molecule has 2 atom stereocenters. The molecule has 1 saturated heterocycles. The van der Waals surface area contributed by atoms with Crippen molar-refractivity contribution in [3.05, 3.63) is 23.8 Å². The SMILES string of the molecule is NC(=O)[C@@H]1CCCC[C@H]1Cc1ccc(N2CC(=O)NS2(=O)=O)c(O)c1. The van der Waals surface area contributed by atoms with Gasteiger partial charge in [-0.2, -0.15) is 8.42 Å². The van der Waals surface area contributed by atoms with Gasteiger partial charge in [-0.3, -0.25) is 9.59 Å². The zero-order chi connectivity index (χ0) is 18.2. The first kappa shape index (κ1) is 17.5. The van der Waals surface area contributed by atoms with Gasteiger partial charge in [0.05, 0.1) is 5.69 Å². The number of phenolic OH excluding ortho intramolecular Hbond substituents is 1. The molecule has 1 aromatic carbocycles. The third-order valence-corrected chi connectivity index (χ3v) is 6.29. The van der Waals surface area contributed by atoms with Crippen molar-refractivity contribution in [3.8, 4) is 5.75 Å². The molecule has 3 rings (SSSR count). The highest BCUT2D eigenvalue weighted by atomic mass is 32.2. The summed E-state index contributed by atoms with van der Waals surface area (Å²) in [7, 11) is -3.96. The molecule has 0 bridgehead atoms. The molecule has 0 unspecified atom stereocenters. The number of carbonyl (C=O) groups is 2. The second-order valence-electron chi connectivity index (χ2n) is 6.62. The molecule has 2 aliphatic rings. The number of primary amides is 1. The standard InChI is InChI=1S/C16H21N3O5S/c17-16(22)12-4-2-1-3-11(12)7-10-5-6-13(14(20)8-10)19-9-15(21)18-25(19,23)24/h5-6,8,11-12,20H,1-4,7,9H2,(H2,17,22)(H,18,21)/t11-,12+/m0/s1. The van der Waals surface area contributed by atoms with Gasteiger partial charge in [-0.05, 0) is 42.9 Å². The number of aromatic hydroxyl groups is 1. The molecular formula is C16H21N3O5S. The summed E-state index contributed by atoms with van der Waals surface area (Å²) in [5.41, 5.74) is 6.34. The number of nitrogens with one attached hydrogen (secondary N) is 1. The monoisotopic (exact) mass is 367 g/mol. The van der Waals surface area contributed by atoms with Gasteiger partial charge in [0.15, 0.2) is 0 Å². The fourth-order valence-electron chi connectivity index (χ4n) is 3.70. The van der Waals surface area contributed by atoms with Crippen LogP contribution in [0, 0.1) is 11.8 Å². The molecule has 1 aliphatic carbocycles. The summed E-state index contributed by atoms with van der Waals surface area (Å²) in [6.07, 6.45) is 4.30. The zero-order valence-electron chi connectivity index (χ0n) is 13.6. The minimum absolute atomic E-state index is 0.0530. The average Bonchev–Trinajstić information content (AvgIpc) is 2.80. The van der Waals surface area contributed by atoms with Crippen LogP contribution in [0.2, 0.25) is 0 Å². The van der Waals surface area contributed by atoms with Crippen molar-refractivity contribution in [2.24, 2.45) is 17.6 Å². The van der Waals surface area contributed by atoms with Gasteiger partial charge in [0.2, 0.25) is 5.91 Å². The van der Waals surface area contributed by atoms with E-state index in [1.807, 2.05) is 4.72 Å². The number of phenols is 1. The van der Waals surface area contributed by atoms with E-state index < -0.39 is 16.1 Å². The summed E-state index contributed by atoms with van der Waals surface area (Å²) >= 11 is 0. The number of anilines is 1. The van der Waals surface area contributed by atoms with Crippen LogP contribution in [0.15, 0.2) is 18.2 Å². The molecule has 4 N–H and O–H groups in total. The largest absolute Gasteiger partial charge is 0.506 e. The maximum absolute atomic E-state index is 11.9. The number of rotatable bonds is 4.